The van der Waals surface area contributed by atoms with E-state index in [9.17, 15) is 4.79 Å². The van der Waals surface area contributed by atoms with Crippen molar-refractivity contribution in [3.63, 3.8) is 0 Å². The Hall–Kier alpha value is -1.10. The van der Waals surface area contributed by atoms with Gasteiger partial charge in [-0.1, -0.05) is 44.2 Å². The van der Waals surface area contributed by atoms with Gasteiger partial charge < -0.3 is 15.4 Å². The predicted octanol–water partition coefficient (Wildman–Crippen LogP) is 1.88. The lowest BCUT2D eigenvalue weighted by atomic mass is 9.84. The summed E-state index contributed by atoms with van der Waals surface area (Å²) in [6, 6.07) is 9.99. The second kappa shape index (κ2) is 7.78. The van der Waals surface area contributed by atoms with Gasteiger partial charge in [-0.15, -0.1) is 12.4 Å². The van der Waals surface area contributed by atoms with Gasteiger partial charge in [0.1, 0.15) is 6.04 Å². The van der Waals surface area contributed by atoms with Gasteiger partial charge in [0, 0.05) is 18.5 Å². The van der Waals surface area contributed by atoms with E-state index in [0.29, 0.717) is 13.2 Å². The van der Waals surface area contributed by atoms with Crippen LogP contribution >= 0.6 is 12.4 Å². The van der Waals surface area contributed by atoms with Crippen LogP contribution in [0.3, 0.4) is 0 Å². The molecule has 0 radical (unpaired) electrons. The third-order valence-electron chi connectivity index (χ3n) is 3.86. The van der Waals surface area contributed by atoms with Crippen molar-refractivity contribution in [3.05, 3.63) is 35.9 Å². The molecule has 2 atom stereocenters. The Bertz CT molecular complexity index is 451. The summed E-state index contributed by atoms with van der Waals surface area (Å²) in [6.07, 6.45) is -0.0800. The van der Waals surface area contributed by atoms with E-state index in [-0.39, 0.29) is 35.9 Å². The van der Waals surface area contributed by atoms with Crippen LogP contribution in [0.4, 0.5) is 0 Å². The number of carbonyl (C=O) groups is 1. The summed E-state index contributed by atoms with van der Waals surface area (Å²) in [7, 11) is 0. The molecule has 0 spiro atoms. The monoisotopic (exact) mass is 312 g/mol. The molecule has 1 amide bonds. The lowest BCUT2D eigenvalue weighted by Crippen LogP contribution is -2.56. The minimum atomic E-state index is -0.254. The van der Waals surface area contributed by atoms with Crippen molar-refractivity contribution in [1.82, 2.24) is 10.6 Å². The summed E-state index contributed by atoms with van der Waals surface area (Å²) in [4.78, 5) is 12.2. The number of hydrogen-bond acceptors (Lipinski definition) is 3. The molecule has 118 valence electrons. The maximum Gasteiger partial charge on any atom is 0.239 e. The highest BCUT2D eigenvalue weighted by Gasteiger charge is 2.29. The van der Waals surface area contributed by atoms with Crippen LogP contribution in [0.25, 0.3) is 0 Å². The van der Waals surface area contributed by atoms with Gasteiger partial charge in [0.2, 0.25) is 5.91 Å². The maximum atomic E-state index is 12.2. The number of carbonyl (C=O) groups excluding carboxylic acids is 1. The lowest BCUT2D eigenvalue weighted by molar-refractivity contribution is -0.129. The van der Waals surface area contributed by atoms with Crippen LogP contribution in [-0.4, -0.2) is 37.7 Å². The second-order valence-corrected chi connectivity index (χ2v) is 5.98. The van der Waals surface area contributed by atoms with E-state index in [1.807, 2.05) is 25.1 Å². The third kappa shape index (κ3) is 4.70. The minimum Gasteiger partial charge on any atom is -0.375 e. The van der Waals surface area contributed by atoms with Crippen LogP contribution < -0.4 is 10.6 Å². The van der Waals surface area contributed by atoms with Crippen LogP contribution in [0.1, 0.15) is 26.3 Å². The number of rotatable bonds is 4. The first-order valence-electron chi connectivity index (χ1n) is 7.19. The van der Waals surface area contributed by atoms with Gasteiger partial charge in [-0.3, -0.25) is 4.79 Å². The standard InChI is InChI=1S/C16H24N2O2.ClH/c1-12-14(17-9-10-20-12)15(19)18-11-16(2,3)13-7-5-4-6-8-13;/h4-8,12,14,17H,9-11H2,1-3H3,(H,18,19);1H/t12-,14+;/m1./s1. The molecule has 1 aromatic carbocycles. The maximum absolute atomic E-state index is 12.2. The fourth-order valence-electron chi connectivity index (χ4n) is 2.44. The fourth-order valence-corrected chi connectivity index (χ4v) is 2.44. The van der Waals surface area contributed by atoms with Crippen molar-refractivity contribution in [2.45, 2.75) is 38.3 Å². The Morgan fingerprint density at radius 1 is 1.38 bits per heavy atom. The SMILES string of the molecule is C[C@H]1OCCN[C@@H]1C(=O)NCC(C)(C)c1ccccc1.Cl. The van der Waals surface area contributed by atoms with Gasteiger partial charge in [-0.05, 0) is 12.5 Å². The average Bonchev–Trinajstić information content (AvgIpc) is 2.46. The highest BCUT2D eigenvalue weighted by molar-refractivity contribution is 5.85. The molecule has 5 heteroatoms. The molecule has 0 saturated carbocycles. The van der Waals surface area contributed by atoms with Crippen molar-refractivity contribution >= 4 is 18.3 Å². The van der Waals surface area contributed by atoms with E-state index in [1.54, 1.807) is 0 Å². The summed E-state index contributed by atoms with van der Waals surface area (Å²) >= 11 is 0. The quantitative estimate of drug-likeness (QED) is 0.892. The van der Waals surface area contributed by atoms with Crippen molar-refractivity contribution in [2.75, 3.05) is 19.7 Å². The van der Waals surface area contributed by atoms with E-state index in [4.69, 9.17) is 4.74 Å². The average molecular weight is 313 g/mol. The molecule has 21 heavy (non-hydrogen) atoms. The highest BCUT2D eigenvalue weighted by atomic mass is 35.5. The van der Waals surface area contributed by atoms with Crippen molar-refractivity contribution in [3.8, 4) is 0 Å². The van der Waals surface area contributed by atoms with Gasteiger partial charge in [0.15, 0.2) is 0 Å². The van der Waals surface area contributed by atoms with E-state index in [1.165, 1.54) is 5.56 Å². The van der Waals surface area contributed by atoms with Crippen LogP contribution in [0, 0.1) is 0 Å². The van der Waals surface area contributed by atoms with Gasteiger partial charge in [-0.2, -0.15) is 0 Å². The first-order valence-corrected chi connectivity index (χ1v) is 7.19. The third-order valence-corrected chi connectivity index (χ3v) is 3.86. The Labute approximate surface area is 133 Å². The predicted molar refractivity (Wildman–Crippen MR) is 86.9 cm³/mol. The molecule has 1 aromatic rings. The minimum absolute atomic E-state index is 0. The van der Waals surface area contributed by atoms with Crippen LogP contribution in [0.2, 0.25) is 0 Å². The molecule has 1 heterocycles. The first-order chi connectivity index (χ1) is 9.50. The van der Waals surface area contributed by atoms with Crippen LogP contribution in [-0.2, 0) is 14.9 Å². The zero-order valence-corrected chi connectivity index (χ0v) is 13.7. The highest BCUT2D eigenvalue weighted by Crippen LogP contribution is 2.21. The molecule has 0 aromatic heterocycles. The van der Waals surface area contributed by atoms with Crippen molar-refractivity contribution in [1.29, 1.82) is 0 Å². The van der Waals surface area contributed by atoms with Crippen molar-refractivity contribution < 1.29 is 9.53 Å². The summed E-state index contributed by atoms with van der Waals surface area (Å²) in [5.74, 6) is 0.0150. The number of morpholine rings is 1. The zero-order valence-electron chi connectivity index (χ0n) is 12.9. The smallest absolute Gasteiger partial charge is 0.239 e. The molecular weight excluding hydrogens is 288 g/mol. The number of nitrogens with one attached hydrogen (secondary N) is 2. The van der Waals surface area contributed by atoms with Crippen LogP contribution in [0.5, 0.6) is 0 Å². The van der Waals surface area contributed by atoms with Gasteiger partial charge in [-0.25, -0.2) is 0 Å². The number of benzene rings is 1. The summed E-state index contributed by atoms with van der Waals surface area (Å²) in [5, 5.41) is 6.25. The van der Waals surface area contributed by atoms with E-state index < -0.39 is 0 Å². The Balaban J connectivity index is 0.00000220. The molecule has 0 unspecified atom stereocenters. The Morgan fingerprint density at radius 2 is 2.05 bits per heavy atom. The molecule has 1 aliphatic heterocycles. The molecule has 2 rings (SSSR count). The Morgan fingerprint density at radius 3 is 2.67 bits per heavy atom. The largest absolute Gasteiger partial charge is 0.375 e. The summed E-state index contributed by atoms with van der Waals surface area (Å²) in [6.45, 7) is 8.21. The van der Waals surface area contributed by atoms with E-state index in [2.05, 4.69) is 36.6 Å². The lowest BCUT2D eigenvalue weighted by Gasteiger charge is -2.31. The Kier molecular flexibility index (Phi) is 6.65. The second-order valence-electron chi connectivity index (χ2n) is 5.98. The summed E-state index contributed by atoms with van der Waals surface area (Å²) in [5.41, 5.74) is 1.14. The number of halogens is 1. The molecule has 1 saturated heterocycles. The number of amides is 1. The molecule has 2 N–H and O–H groups in total. The van der Waals surface area contributed by atoms with Gasteiger partial charge in [0.25, 0.3) is 0 Å². The normalized spacial score (nSPS) is 22.2. The van der Waals surface area contributed by atoms with Crippen molar-refractivity contribution in [2.24, 2.45) is 0 Å². The van der Waals surface area contributed by atoms with Gasteiger partial charge in [0.05, 0.1) is 12.7 Å². The first kappa shape index (κ1) is 18.0. The molecule has 4 nitrogen and oxygen atoms in total. The molecule has 0 aliphatic carbocycles. The van der Waals surface area contributed by atoms with E-state index in [0.717, 1.165) is 6.54 Å². The summed E-state index contributed by atoms with van der Waals surface area (Å²) < 4.78 is 5.50. The topological polar surface area (TPSA) is 50.4 Å². The molecule has 0 bridgehead atoms. The van der Waals surface area contributed by atoms with Crippen LogP contribution in [0.15, 0.2) is 30.3 Å². The molecular formula is C16H25ClN2O2. The molecule has 1 aliphatic rings. The van der Waals surface area contributed by atoms with E-state index >= 15 is 0 Å². The zero-order chi connectivity index (χ0) is 14.6. The number of hydrogen-bond donors (Lipinski definition) is 2. The van der Waals surface area contributed by atoms with Gasteiger partial charge >= 0.3 is 0 Å². The molecule has 1 fully saturated rings. The number of ether oxygens (including phenoxy) is 1. The fraction of sp³-hybridized carbons (Fsp3) is 0.562.